The van der Waals surface area contributed by atoms with Gasteiger partial charge in [-0.3, -0.25) is 9.59 Å². The summed E-state index contributed by atoms with van der Waals surface area (Å²) in [6.07, 6.45) is 13.4. The Labute approximate surface area is 120 Å². The van der Waals surface area contributed by atoms with Crippen LogP contribution in [0.2, 0.25) is 0 Å². The molecule has 0 saturated heterocycles. The van der Waals surface area contributed by atoms with Gasteiger partial charge in [0.05, 0.1) is 6.42 Å². The van der Waals surface area contributed by atoms with E-state index < -0.39 is 24.0 Å². The summed E-state index contributed by atoms with van der Waals surface area (Å²) in [7, 11) is 0. The van der Waals surface area contributed by atoms with Crippen LogP contribution in [-0.2, 0) is 34.5 Å². The molecular weight excluding hydrogens is 412 g/mol. The molecule has 0 aliphatic heterocycles. The molecule has 1 aliphatic rings. The minimum atomic E-state index is -1.80. The Bertz CT molecular complexity index is 306. The number of rotatable bonds is 3. The van der Waals surface area contributed by atoms with Crippen molar-refractivity contribution in [3.63, 3.8) is 0 Å². The fraction of sp³-hybridized carbons (Fsp3) is 0.462. The smallest absolute Gasteiger partial charge is 0.542 e. The van der Waals surface area contributed by atoms with Crippen LogP contribution in [0.4, 0.5) is 0 Å². The van der Waals surface area contributed by atoms with Gasteiger partial charge in [-0.2, -0.15) is 0 Å². The maximum Gasteiger partial charge on any atom is 1.00 e. The van der Waals surface area contributed by atoms with Gasteiger partial charge < -0.3 is 9.90 Å². The van der Waals surface area contributed by atoms with Crippen LogP contribution >= 0.6 is 0 Å². The first-order valence-electron chi connectivity index (χ1n) is 5.57. The molecule has 0 atom stereocenters. The van der Waals surface area contributed by atoms with Gasteiger partial charge in [0.2, 0.25) is 0 Å². The van der Waals surface area contributed by atoms with E-state index >= 15 is 0 Å². The zero-order chi connectivity index (χ0) is 13.1. The third kappa shape index (κ3) is 13.0. The number of Topliss-reactive ketones (excluding diaryl/α,β-unsaturated/α-hetero) is 2. The summed E-state index contributed by atoms with van der Waals surface area (Å²) in [5, 5.41) is 9.62. The SMILES string of the molecule is C1=C\CC/C=C\CC/1.CC(=O)CC(=O)C(=O)[O-].[Ir+]. The van der Waals surface area contributed by atoms with Crippen LogP contribution in [0.15, 0.2) is 24.3 Å². The molecule has 102 valence electrons. The predicted molar refractivity (Wildman–Crippen MR) is 62.1 cm³/mol. The van der Waals surface area contributed by atoms with Crippen LogP contribution in [0.25, 0.3) is 0 Å². The normalized spacial score (nSPS) is 16.7. The first-order chi connectivity index (χ1) is 8.04. The molecule has 0 heterocycles. The molecule has 0 aromatic heterocycles. The van der Waals surface area contributed by atoms with E-state index in [0.717, 1.165) is 6.92 Å². The molecular formula is C13H17IrO4. The van der Waals surface area contributed by atoms with Crippen molar-refractivity contribution in [3.8, 4) is 0 Å². The van der Waals surface area contributed by atoms with Crippen molar-refractivity contribution >= 4 is 17.5 Å². The van der Waals surface area contributed by atoms with Gasteiger partial charge >= 0.3 is 20.1 Å². The molecule has 0 aromatic rings. The maximum absolute atomic E-state index is 10.1. The van der Waals surface area contributed by atoms with Crippen LogP contribution in [-0.4, -0.2) is 17.5 Å². The van der Waals surface area contributed by atoms with Gasteiger partial charge in [0.25, 0.3) is 0 Å². The van der Waals surface area contributed by atoms with Crippen molar-refractivity contribution in [2.45, 2.75) is 39.0 Å². The first-order valence-corrected chi connectivity index (χ1v) is 5.57. The van der Waals surface area contributed by atoms with E-state index in [0.29, 0.717) is 0 Å². The molecule has 0 fully saturated rings. The average molecular weight is 429 g/mol. The zero-order valence-electron chi connectivity index (χ0n) is 10.3. The zero-order valence-corrected chi connectivity index (χ0v) is 12.7. The quantitative estimate of drug-likeness (QED) is 0.381. The van der Waals surface area contributed by atoms with Gasteiger partial charge in [0, 0.05) is 0 Å². The number of hydrogen-bond donors (Lipinski definition) is 0. The van der Waals surface area contributed by atoms with Crippen molar-refractivity contribution < 1.29 is 39.6 Å². The number of aliphatic carboxylic acids is 1. The van der Waals surface area contributed by atoms with Crippen molar-refractivity contribution in [2.24, 2.45) is 0 Å². The minimum absolute atomic E-state index is 0. The van der Waals surface area contributed by atoms with Gasteiger partial charge in [-0.05, 0) is 32.6 Å². The third-order valence-electron chi connectivity index (χ3n) is 1.97. The monoisotopic (exact) mass is 430 g/mol. The molecule has 4 nitrogen and oxygen atoms in total. The van der Waals surface area contributed by atoms with Crippen molar-refractivity contribution in [2.75, 3.05) is 0 Å². The fourth-order valence-corrected chi connectivity index (χ4v) is 1.15. The standard InChI is InChI=1S/C8H12.C5H6O4.Ir/c1-2-4-6-8-7-5-3-1;1-3(6)2-4(7)5(8)9;/h1-2,7-8H,3-6H2;2H2,1H3,(H,8,9);/q;;+1/p-1/b2-1-,8-7-;;. The van der Waals surface area contributed by atoms with E-state index in [1.54, 1.807) is 0 Å². The van der Waals surface area contributed by atoms with Gasteiger partial charge in [-0.1, -0.05) is 24.3 Å². The molecule has 0 spiro atoms. The maximum atomic E-state index is 10.1. The average Bonchev–Trinajstić information content (AvgIpc) is 2.15. The van der Waals surface area contributed by atoms with Crippen LogP contribution < -0.4 is 5.11 Å². The molecule has 1 aliphatic carbocycles. The van der Waals surface area contributed by atoms with Crippen LogP contribution in [0.3, 0.4) is 0 Å². The Morgan fingerprint density at radius 2 is 1.28 bits per heavy atom. The van der Waals surface area contributed by atoms with E-state index in [4.69, 9.17) is 0 Å². The second-order valence-electron chi connectivity index (χ2n) is 3.69. The van der Waals surface area contributed by atoms with Crippen LogP contribution in [0.1, 0.15) is 39.0 Å². The number of carboxylic acids is 1. The van der Waals surface area contributed by atoms with E-state index in [2.05, 4.69) is 24.3 Å². The Kier molecular flexibility index (Phi) is 13.3. The van der Waals surface area contributed by atoms with E-state index in [-0.39, 0.29) is 20.1 Å². The molecule has 0 N–H and O–H groups in total. The summed E-state index contributed by atoms with van der Waals surface area (Å²) in [6, 6.07) is 0. The van der Waals surface area contributed by atoms with Crippen LogP contribution in [0.5, 0.6) is 0 Å². The van der Waals surface area contributed by atoms with Gasteiger partial charge in [-0.25, -0.2) is 0 Å². The Morgan fingerprint density at radius 3 is 1.44 bits per heavy atom. The number of ketones is 2. The van der Waals surface area contributed by atoms with Crippen molar-refractivity contribution in [1.29, 1.82) is 0 Å². The van der Waals surface area contributed by atoms with Gasteiger partial charge in [0.15, 0.2) is 5.78 Å². The van der Waals surface area contributed by atoms with Crippen molar-refractivity contribution in [3.05, 3.63) is 24.3 Å². The number of carbonyl (C=O) groups excluding carboxylic acids is 3. The molecule has 0 radical (unpaired) electrons. The summed E-state index contributed by atoms with van der Waals surface area (Å²) in [4.78, 5) is 29.7. The second kappa shape index (κ2) is 12.4. The number of carboxylic acid groups (broad SMARTS) is 1. The van der Waals surface area contributed by atoms with E-state index in [1.807, 2.05) is 0 Å². The summed E-state index contributed by atoms with van der Waals surface area (Å²) in [5.74, 6) is -3.43. The molecule has 0 saturated carbocycles. The van der Waals surface area contributed by atoms with Gasteiger partial charge in [0.1, 0.15) is 11.8 Å². The summed E-state index contributed by atoms with van der Waals surface area (Å²) < 4.78 is 0. The third-order valence-corrected chi connectivity index (χ3v) is 1.97. The van der Waals surface area contributed by atoms with Crippen LogP contribution in [0, 0.1) is 0 Å². The molecule has 5 heteroatoms. The Morgan fingerprint density at radius 1 is 0.944 bits per heavy atom. The first kappa shape index (κ1) is 19.3. The molecule has 1 rings (SSSR count). The largest absolute Gasteiger partial charge is 1.00 e. The summed E-state index contributed by atoms with van der Waals surface area (Å²) >= 11 is 0. The summed E-state index contributed by atoms with van der Waals surface area (Å²) in [5.41, 5.74) is 0. The number of carbonyl (C=O) groups is 3. The molecule has 0 amide bonds. The molecule has 0 bridgehead atoms. The van der Waals surface area contributed by atoms with Crippen molar-refractivity contribution in [1.82, 2.24) is 0 Å². The summed E-state index contributed by atoms with van der Waals surface area (Å²) in [6.45, 7) is 1.14. The van der Waals surface area contributed by atoms with E-state index in [9.17, 15) is 19.5 Å². The van der Waals surface area contributed by atoms with Gasteiger partial charge in [-0.15, -0.1) is 0 Å². The van der Waals surface area contributed by atoms with E-state index in [1.165, 1.54) is 25.7 Å². The molecule has 0 aromatic carbocycles. The number of allylic oxidation sites excluding steroid dienone is 4. The molecule has 18 heavy (non-hydrogen) atoms. The Balaban J connectivity index is 0. The molecule has 0 unspecified atom stereocenters. The predicted octanol–water partition coefficient (Wildman–Crippen LogP) is 0.955. The Hall–Kier alpha value is -1.06. The minimum Gasteiger partial charge on any atom is -0.542 e. The fourth-order valence-electron chi connectivity index (χ4n) is 1.15. The second-order valence-corrected chi connectivity index (χ2v) is 3.69. The topological polar surface area (TPSA) is 74.3 Å². The number of hydrogen-bond acceptors (Lipinski definition) is 4.